The zero-order valence-electron chi connectivity index (χ0n) is 18.9. The van der Waals surface area contributed by atoms with Crippen molar-refractivity contribution < 1.29 is 28.2 Å². The van der Waals surface area contributed by atoms with Gasteiger partial charge in [0.15, 0.2) is 17.3 Å². The Morgan fingerprint density at radius 1 is 0.912 bits per heavy atom. The van der Waals surface area contributed by atoms with Crippen molar-refractivity contribution in [1.29, 1.82) is 0 Å². The fourth-order valence-electron chi connectivity index (χ4n) is 3.98. The van der Waals surface area contributed by atoms with E-state index in [0.29, 0.717) is 62.1 Å². The van der Waals surface area contributed by atoms with E-state index in [1.54, 1.807) is 29.2 Å². The van der Waals surface area contributed by atoms with Crippen LogP contribution in [0.3, 0.4) is 0 Å². The van der Waals surface area contributed by atoms with Gasteiger partial charge in [-0.25, -0.2) is 4.39 Å². The maximum absolute atomic E-state index is 13.3. The number of hydrogen-bond donors (Lipinski definition) is 1. The van der Waals surface area contributed by atoms with E-state index in [2.05, 4.69) is 5.32 Å². The molecule has 2 aliphatic heterocycles. The van der Waals surface area contributed by atoms with Gasteiger partial charge in [-0.3, -0.25) is 19.3 Å². The number of Topliss-reactive ketones (excluding diaryl/α,β-unsaturated/α-hetero) is 1. The van der Waals surface area contributed by atoms with E-state index < -0.39 is 5.82 Å². The third-order valence-corrected chi connectivity index (χ3v) is 5.84. The molecule has 0 spiro atoms. The van der Waals surface area contributed by atoms with Gasteiger partial charge in [-0.1, -0.05) is 6.07 Å². The van der Waals surface area contributed by atoms with E-state index in [1.165, 1.54) is 18.2 Å². The summed E-state index contributed by atoms with van der Waals surface area (Å²) in [5, 5.41) is 2.68. The summed E-state index contributed by atoms with van der Waals surface area (Å²) in [5.41, 5.74) is 0.920. The van der Waals surface area contributed by atoms with E-state index in [-0.39, 0.29) is 37.0 Å². The molecule has 0 bridgehead atoms. The largest absolute Gasteiger partial charge is 0.490 e. The molecule has 0 aromatic heterocycles. The molecule has 2 aromatic rings. The zero-order valence-corrected chi connectivity index (χ0v) is 18.9. The van der Waals surface area contributed by atoms with Crippen molar-refractivity contribution in [3.63, 3.8) is 0 Å². The van der Waals surface area contributed by atoms with Gasteiger partial charge in [0, 0.05) is 56.7 Å². The highest BCUT2D eigenvalue weighted by atomic mass is 19.1. The van der Waals surface area contributed by atoms with Gasteiger partial charge in [0.25, 0.3) is 0 Å². The lowest BCUT2D eigenvalue weighted by molar-refractivity contribution is -0.133. The lowest BCUT2D eigenvalue weighted by atomic mass is 10.1. The summed E-state index contributed by atoms with van der Waals surface area (Å²) in [7, 11) is 0. The number of anilines is 1. The number of ether oxygens (including phenoxy) is 2. The van der Waals surface area contributed by atoms with Gasteiger partial charge in [-0.2, -0.15) is 0 Å². The molecule has 2 aromatic carbocycles. The van der Waals surface area contributed by atoms with E-state index in [1.807, 2.05) is 4.90 Å². The SMILES string of the molecule is O=C(CN1CCN(C(=O)CCC(=O)c2ccc3c(c2)OCCCO3)CC1)Nc1cccc(F)c1. The zero-order chi connectivity index (χ0) is 23.9. The van der Waals surface area contributed by atoms with Crippen LogP contribution in [0.25, 0.3) is 0 Å². The summed E-state index contributed by atoms with van der Waals surface area (Å²) in [6.07, 6.45) is 1.04. The van der Waals surface area contributed by atoms with Crippen LogP contribution in [-0.4, -0.2) is 73.3 Å². The van der Waals surface area contributed by atoms with E-state index >= 15 is 0 Å². The Morgan fingerprint density at radius 3 is 2.44 bits per heavy atom. The van der Waals surface area contributed by atoms with Crippen LogP contribution in [0, 0.1) is 5.82 Å². The summed E-state index contributed by atoms with van der Waals surface area (Å²) >= 11 is 0. The minimum absolute atomic E-state index is 0.0773. The van der Waals surface area contributed by atoms with Crippen molar-refractivity contribution in [3.05, 3.63) is 53.8 Å². The van der Waals surface area contributed by atoms with Crippen LogP contribution in [0.1, 0.15) is 29.6 Å². The Morgan fingerprint density at radius 2 is 1.68 bits per heavy atom. The molecule has 180 valence electrons. The number of carbonyl (C=O) groups is 3. The second-order valence-corrected chi connectivity index (χ2v) is 8.35. The summed E-state index contributed by atoms with van der Waals surface area (Å²) < 4.78 is 24.5. The third-order valence-electron chi connectivity index (χ3n) is 5.84. The fourth-order valence-corrected chi connectivity index (χ4v) is 3.98. The quantitative estimate of drug-likeness (QED) is 0.628. The first-order valence-electron chi connectivity index (χ1n) is 11.5. The first kappa shape index (κ1) is 23.7. The average molecular weight is 470 g/mol. The van der Waals surface area contributed by atoms with E-state index in [4.69, 9.17) is 9.47 Å². The van der Waals surface area contributed by atoms with Crippen molar-refractivity contribution in [2.45, 2.75) is 19.3 Å². The Kier molecular flexibility index (Phi) is 7.74. The van der Waals surface area contributed by atoms with Crippen LogP contribution in [0.4, 0.5) is 10.1 Å². The van der Waals surface area contributed by atoms with Crippen LogP contribution in [0.15, 0.2) is 42.5 Å². The second kappa shape index (κ2) is 11.1. The Bertz CT molecular complexity index is 1050. The molecule has 2 amide bonds. The van der Waals surface area contributed by atoms with Gasteiger partial charge in [-0.15, -0.1) is 0 Å². The van der Waals surface area contributed by atoms with Gasteiger partial charge >= 0.3 is 0 Å². The highest BCUT2D eigenvalue weighted by molar-refractivity contribution is 5.98. The molecule has 0 saturated carbocycles. The Balaban J connectivity index is 1.20. The predicted octanol–water partition coefficient (Wildman–Crippen LogP) is 2.73. The lowest BCUT2D eigenvalue weighted by Gasteiger charge is -2.34. The first-order valence-corrected chi connectivity index (χ1v) is 11.5. The van der Waals surface area contributed by atoms with E-state index in [0.717, 1.165) is 6.42 Å². The molecule has 0 aliphatic carbocycles. The maximum atomic E-state index is 13.3. The van der Waals surface area contributed by atoms with E-state index in [9.17, 15) is 18.8 Å². The molecule has 0 radical (unpaired) electrons. The molecule has 0 atom stereocenters. The number of halogens is 1. The monoisotopic (exact) mass is 469 g/mol. The van der Waals surface area contributed by atoms with Crippen LogP contribution in [0.2, 0.25) is 0 Å². The summed E-state index contributed by atoms with van der Waals surface area (Å²) in [6, 6.07) is 10.9. The number of ketones is 1. The maximum Gasteiger partial charge on any atom is 0.238 e. The van der Waals surface area contributed by atoms with Crippen LogP contribution < -0.4 is 14.8 Å². The molecule has 9 heteroatoms. The molecule has 2 aliphatic rings. The summed E-state index contributed by atoms with van der Waals surface area (Å²) in [6.45, 7) is 3.38. The number of fused-ring (bicyclic) bond motifs is 1. The average Bonchev–Trinajstić information content (AvgIpc) is 3.07. The lowest BCUT2D eigenvalue weighted by Crippen LogP contribution is -2.50. The Labute approximate surface area is 197 Å². The molecular weight excluding hydrogens is 441 g/mol. The highest BCUT2D eigenvalue weighted by Gasteiger charge is 2.23. The number of rotatable bonds is 7. The summed E-state index contributed by atoms with van der Waals surface area (Å²) in [4.78, 5) is 41.1. The molecule has 4 rings (SSSR count). The van der Waals surface area contributed by atoms with Crippen molar-refractivity contribution in [2.24, 2.45) is 0 Å². The minimum atomic E-state index is -0.409. The molecular formula is C25H28FN3O5. The topological polar surface area (TPSA) is 88.2 Å². The van der Waals surface area contributed by atoms with Gasteiger partial charge in [0.1, 0.15) is 5.82 Å². The van der Waals surface area contributed by atoms with Crippen LogP contribution in [0.5, 0.6) is 11.5 Å². The Hall–Kier alpha value is -3.46. The molecule has 8 nitrogen and oxygen atoms in total. The van der Waals surface area contributed by atoms with Gasteiger partial charge in [0.2, 0.25) is 11.8 Å². The number of nitrogens with one attached hydrogen (secondary N) is 1. The van der Waals surface area contributed by atoms with Gasteiger partial charge in [0.05, 0.1) is 19.8 Å². The molecule has 34 heavy (non-hydrogen) atoms. The highest BCUT2D eigenvalue weighted by Crippen LogP contribution is 2.30. The van der Waals surface area contributed by atoms with Crippen molar-refractivity contribution in [1.82, 2.24) is 9.80 Å². The first-order chi connectivity index (χ1) is 16.5. The standard InChI is InChI=1S/C25H28FN3O5/c26-19-3-1-4-20(16-19)27-24(31)17-28-9-11-29(12-10-28)25(32)8-6-21(30)18-5-7-22-23(15-18)34-14-2-13-33-22/h1,3-5,7,15-16H,2,6,8-14,17H2,(H,27,31). The number of piperazine rings is 1. The molecule has 1 N–H and O–H groups in total. The minimum Gasteiger partial charge on any atom is -0.490 e. The second-order valence-electron chi connectivity index (χ2n) is 8.35. The number of carbonyl (C=O) groups excluding carboxylic acids is 3. The molecule has 1 saturated heterocycles. The smallest absolute Gasteiger partial charge is 0.238 e. The van der Waals surface area contributed by atoms with Crippen molar-refractivity contribution in [2.75, 3.05) is 51.3 Å². The molecule has 0 unspecified atom stereocenters. The van der Waals surface area contributed by atoms with Gasteiger partial charge < -0.3 is 19.7 Å². The normalized spacial score (nSPS) is 16.0. The number of benzene rings is 2. The third kappa shape index (κ3) is 6.32. The number of amides is 2. The molecule has 1 fully saturated rings. The predicted molar refractivity (Wildman–Crippen MR) is 124 cm³/mol. The van der Waals surface area contributed by atoms with Gasteiger partial charge in [-0.05, 0) is 36.4 Å². The number of hydrogen-bond acceptors (Lipinski definition) is 6. The summed E-state index contributed by atoms with van der Waals surface area (Å²) in [5.74, 6) is 0.363. The number of nitrogens with zero attached hydrogens (tertiary/aromatic N) is 2. The van der Waals surface area contributed by atoms with Crippen LogP contribution in [-0.2, 0) is 9.59 Å². The fraction of sp³-hybridized carbons (Fsp3) is 0.400. The van der Waals surface area contributed by atoms with Crippen molar-refractivity contribution >= 4 is 23.3 Å². The van der Waals surface area contributed by atoms with Crippen LogP contribution >= 0.6 is 0 Å². The van der Waals surface area contributed by atoms with Crippen molar-refractivity contribution in [3.8, 4) is 11.5 Å². The molecule has 2 heterocycles.